The van der Waals surface area contributed by atoms with Crippen LogP contribution < -0.4 is 10.1 Å². The molecule has 0 bridgehead atoms. The lowest BCUT2D eigenvalue weighted by Crippen LogP contribution is -2.25. The SMILES string of the molecule is O=C1C[C@@H](c2ccccc2OC2CCCC2)c2cnn(-c3nc4ccccc4s3)c2N1. The highest BCUT2D eigenvalue weighted by Gasteiger charge is 2.33. The molecule has 7 heteroatoms. The van der Waals surface area contributed by atoms with Gasteiger partial charge in [-0.15, -0.1) is 0 Å². The molecule has 4 aromatic rings. The molecule has 2 aliphatic rings. The predicted octanol–water partition coefficient (Wildman–Crippen LogP) is 5.28. The maximum Gasteiger partial charge on any atom is 0.226 e. The molecular formula is C24H22N4O2S. The second-order valence-electron chi connectivity index (χ2n) is 8.19. The monoisotopic (exact) mass is 430 g/mol. The van der Waals surface area contributed by atoms with Gasteiger partial charge >= 0.3 is 0 Å². The highest BCUT2D eigenvalue weighted by molar-refractivity contribution is 7.20. The second-order valence-corrected chi connectivity index (χ2v) is 9.20. The lowest BCUT2D eigenvalue weighted by molar-refractivity contribution is -0.116. The third-order valence-corrected chi connectivity index (χ3v) is 7.19. The van der Waals surface area contributed by atoms with Crippen LogP contribution in [0.25, 0.3) is 15.3 Å². The van der Waals surface area contributed by atoms with Gasteiger partial charge in [-0.05, 0) is 43.9 Å². The number of anilines is 1. The van der Waals surface area contributed by atoms with Crippen molar-refractivity contribution in [2.75, 3.05) is 5.32 Å². The zero-order chi connectivity index (χ0) is 20.8. The van der Waals surface area contributed by atoms with Gasteiger partial charge in [-0.25, -0.2) is 4.98 Å². The summed E-state index contributed by atoms with van der Waals surface area (Å²) in [7, 11) is 0. The van der Waals surface area contributed by atoms with Crippen LogP contribution >= 0.6 is 11.3 Å². The van der Waals surface area contributed by atoms with E-state index in [4.69, 9.17) is 9.72 Å². The van der Waals surface area contributed by atoms with Gasteiger partial charge in [0.25, 0.3) is 0 Å². The first-order chi connectivity index (χ1) is 15.3. The number of thiazole rings is 1. The average Bonchev–Trinajstić information content (AvgIpc) is 3.52. The molecule has 31 heavy (non-hydrogen) atoms. The normalized spacial score (nSPS) is 18.8. The van der Waals surface area contributed by atoms with Crippen molar-refractivity contribution >= 4 is 33.3 Å². The van der Waals surface area contributed by atoms with Crippen molar-refractivity contribution < 1.29 is 9.53 Å². The van der Waals surface area contributed by atoms with Crippen molar-refractivity contribution in [3.8, 4) is 10.9 Å². The number of carbonyl (C=O) groups is 1. The van der Waals surface area contributed by atoms with Crippen LogP contribution in [0.4, 0.5) is 5.82 Å². The molecule has 1 fully saturated rings. The summed E-state index contributed by atoms with van der Waals surface area (Å²) < 4.78 is 9.22. The van der Waals surface area contributed by atoms with Crippen LogP contribution in [0, 0.1) is 0 Å². The first kappa shape index (κ1) is 18.6. The van der Waals surface area contributed by atoms with E-state index < -0.39 is 0 Å². The summed E-state index contributed by atoms with van der Waals surface area (Å²) in [5.74, 6) is 1.48. The van der Waals surface area contributed by atoms with Crippen molar-refractivity contribution in [3.05, 3.63) is 65.9 Å². The smallest absolute Gasteiger partial charge is 0.226 e. The minimum absolute atomic E-state index is 0.0176. The molecule has 2 aromatic heterocycles. The number of fused-ring (bicyclic) bond motifs is 2. The van der Waals surface area contributed by atoms with Crippen molar-refractivity contribution in [2.45, 2.75) is 44.1 Å². The first-order valence-electron chi connectivity index (χ1n) is 10.8. The fourth-order valence-electron chi connectivity index (χ4n) is 4.65. The minimum Gasteiger partial charge on any atom is -0.490 e. The summed E-state index contributed by atoms with van der Waals surface area (Å²) in [5, 5.41) is 8.40. The molecule has 0 saturated heterocycles. The van der Waals surface area contributed by atoms with Gasteiger partial charge < -0.3 is 10.1 Å². The van der Waals surface area contributed by atoms with E-state index in [1.807, 2.05) is 48.7 Å². The summed E-state index contributed by atoms with van der Waals surface area (Å²) >= 11 is 1.56. The predicted molar refractivity (Wildman–Crippen MR) is 121 cm³/mol. The van der Waals surface area contributed by atoms with Gasteiger partial charge in [0, 0.05) is 23.5 Å². The number of nitrogens with zero attached hydrogens (tertiary/aromatic N) is 3. The molecule has 1 atom stereocenters. The van der Waals surface area contributed by atoms with Crippen molar-refractivity contribution in [1.82, 2.24) is 14.8 Å². The number of hydrogen-bond donors (Lipinski definition) is 1. The number of carbonyl (C=O) groups excluding carboxylic acids is 1. The molecular weight excluding hydrogens is 408 g/mol. The molecule has 1 amide bonds. The average molecular weight is 431 g/mol. The zero-order valence-electron chi connectivity index (χ0n) is 17.0. The van der Waals surface area contributed by atoms with Gasteiger partial charge in [-0.3, -0.25) is 4.79 Å². The van der Waals surface area contributed by atoms with E-state index in [9.17, 15) is 4.79 Å². The van der Waals surface area contributed by atoms with E-state index in [1.54, 1.807) is 16.0 Å². The van der Waals surface area contributed by atoms with E-state index >= 15 is 0 Å². The summed E-state index contributed by atoms with van der Waals surface area (Å²) in [4.78, 5) is 17.4. The van der Waals surface area contributed by atoms with Crippen LogP contribution in [-0.4, -0.2) is 26.8 Å². The molecule has 6 nitrogen and oxygen atoms in total. The number of amides is 1. The number of aromatic nitrogens is 3. The Morgan fingerprint density at radius 3 is 2.71 bits per heavy atom. The third kappa shape index (κ3) is 3.29. The van der Waals surface area contributed by atoms with E-state index in [-0.39, 0.29) is 17.9 Å². The van der Waals surface area contributed by atoms with Crippen molar-refractivity contribution in [1.29, 1.82) is 0 Å². The van der Waals surface area contributed by atoms with E-state index in [0.717, 1.165) is 45.1 Å². The quantitative estimate of drug-likeness (QED) is 0.478. The second kappa shape index (κ2) is 7.50. The van der Waals surface area contributed by atoms with Gasteiger partial charge in [-0.1, -0.05) is 41.7 Å². The topological polar surface area (TPSA) is 69.0 Å². The van der Waals surface area contributed by atoms with Crippen LogP contribution in [-0.2, 0) is 4.79 Å². The van der Waals surface area contributed by atoms with Crippen LogP contribution in [0.15, 0.2) is 54.7 Å². The minimum atomic E-state index is -0.0931. The summed E-state index contributed by atoms with van der Waals surface area (Å²) in [5.41, 5.74) is 2.98. The van der Waals surface area contributed by atoms with Gasteiger partial charge in [-0.2, -0.15) is 9.78 Å². The molecule has 3 heterocycles. The highest BCUT2D eigenvalue weighted by atomic mass is 32.1. The largest absolute Gasteiger partial charge is 0.490 e. The van der Waals surface area contributed by atoms with Gasteiger partial charge in [0.1, 0.15) is 11.6 Å². The molecule has 6 rings (SSSR count). The molecule has 1 aliphatic heterocycles. The molecule has 0 unspecified atom stereocenters. The molecule has 0 spiro atoms. The standard InChI is InChI=1S/C24H22N4O2S/c29-22-13-17(16-9-3-5-11-20(16)30-15-7-1-2-8-15)18-14-25-28(23(18)27-22)24-26-19-10-4-6-12-21(19)31-24/h3-6,9-12,14-15,17H,1-2,7-8,13H2,(H,27,29)/t17-/m0/s1. The Labute approximate surface area is 183 Å². The summed E-state index contributed by atoms with van der Waals surface area (Å²) in [6, 6.07) is 16.1. The molecule has 0 radical (unpaired) electrons. The number of hydrogen-bond acceptors (Lipinski definition) is 5. The molecule has 1 saturated carbocycles. The molecule has 1 N–H and O–H groups in total. The van der Waals surface area contributed by atoms with Crippen LogP contribution in [0.2, 0.25) is 0 Å². The first-order valence-corrected chi connectivity index (χ1v) is 11.6. The van der Waals surface area contributed by atoms with E-state index in [0.29, 0.717) is 12.2 Å². The summed E-state index contributed by atoms with van der Waals surface area (Å²) in [6.45, 7) is 0. The van der Waals surface area contributed by atoms with E-state index in [1.165, 1.54) is 12.8 Å². The molecule has 156 valence electrons. The fraction of sp³-hybridized carbons (Fsp3) is 0.292. The Kier molecular flexibility index (Phi) is 4.49. The van der Waals surface area contributed by atoms with Gasteiger partial charge in [0.15, 0.2) is 0 Å². The fourth-order valence-corrected chi connectivity index (χ4v) is 5.58. The Balaban J connectivity index is 1.41. The number of ether oxygens (including phenoxy) is 1. The molecule has 1 aliphatic carbocycles. The van der Waals surface area contributed by atoms with Crippen molar-refractivity contribution in [3.63, 3.8) is 0 Å². The van der Waals surface area contributed by atoms with Crippen LogP contribution in [0.5, 0.6) is 5.75 Å². The Morgan fingerprint density at radius 2 is 1.84 bits per heavy atom. The number of rotatable bonds is 4. The van der Waals surface area contributed by atoms with Gasteiger partial charge in [0.2, 0.25) is 11.0 Å². The maximum absolute atomic E-state index is 12.7. The van der Waals surface area contributed by atoms with Crippen LogP contribution in [0.1, 0.15) is 49.1 Å². The zero-order valence-corrected chi connectivity index (χ0v) is 17.8. The lowest BCUT2D eigenvalue weighted by Gasteiger charge is -2.26. The van der Waals surface area contributed by atoms with Crippen molar-refractivity contribution in [2.24, 2.45) is 0 Å². The number of nitrogens with one attached hydrogen (secondary N) is 1. The molecule has 2 aromatic carbocycles. The maximum atomic E-state index is 12.7. The highest BCUT2D eigenvalue weighted by Crippen LogP contribution is 2.42. The summed E-state index contributed by atoms with van der Waals surface area (Å²) in [6.07, 6.45) is 7.14. The lowest BCUT2D eigenvalue weighted by atomic mass is 9.87. The Bertz CT molecular complexity index is 1240. The number of para-hydroxylation sites is 2. The van der Waals surface area contributed by atoms with Crippen LogP contribution in [0.3, 0.4) is 0 Å². The third-order valence-electron chi connectivity index (χ3n) is 6.17. The van der Waals surface area contributed by atoms with E-state index in [2.05, 4.69) is 16.5 Å². The van der Waals surface area contributed by atoms with Gasteiger partial charge in [0.05, 0.1) is 22.5 Å². The number of benzene rings is 2. The Morgan fingerprint density at radius 1 is 1.03 bits per heavy atom. The Hall–Kier alpha value is -3.19.